The Hall–Kier alpha value is -1.62. The summed E-state index contributed by atoms with van der Waals surface area (Å²) in [7, 11) is 0. The molecule has 0 aromatic heterocycles. The normalized spacial score (nSPS) is 19.4. The fourth-order valence-corrected chi connectivity index (χ4v) is 1.70. The van der Waals surface area contributed by atoms with Gasteiger partial charge in [0.15, 0.2) is 0 Å². The Morgan fingerprint density at radius 2 is 2.38 bits per heavy atom. The van der Waals surface area contributed by atoms with Crippen LogP contribution in [0.3, 0.4) is 0 Å². The zero-order valence-electron chi connectivity index (χ0n) is 8.79. The van der Waals surface area contributed by atoms with Crippen LogP contribution in [-0.4, -0.2) is 25.2 Å². The first-order valence-electron chi connectivity index (χ1n) is 5.28. The van der Waals surface area contributed by atoms with Crippen LogP contribution >= 0.6 is 0 Å². The van der Waals surface area contributed by atoms with Crippen LogP contribution in [0.4, 0.5) is 14.9 Å². The highest BCUT2D eigenvalue weighted by atomic mass is 19.1. The summed E-state index contributed by atoms with van der Waals surface area (Å²) >= 11 is 0. The van der Waals surface area contributed by atoms with Crippen LogP contribution in [0.1, 0.15) is 6.42 Å². The summed E-state index contributed by atoms with van der Waals surface area (Å²) in [6, 6.07) is 5.70. The number of benzene rings is 1. The smallest absolute Gasteiger partial charge is 0.319 e. The predicted molar refractivity (Wildman–Crippen MR) is 59.8 cm³/mol. The van der Waals surface area contributed by atoms with Gasteiger partial charge in [0.2, 0.25) is 0 Å². The summed E-state index contributed by atoms with van der Waals surface area (Å²) in [4.78, 5) is 11.5. The average Bonchev–Trinajstić information content (AvgIpc) is 2.70. The lowest BCUT2D eigenvalue weighted by atomic mass is 10.3. The second-order valence-electron chi connectivity index (χ2n) is 3.80. The molecule has 16 heavy (non-hydrogen) atoms. The van der Waals surface area contributed by atoms with E-state index >= 15 is 0 Å². The molecular formula is C11H14FN3O. The molecule has 1 aromatic carbocycles. The van der Waals surface area contributed by atoms with Crippen molar-refractivity contribution in [2.45, 2.75) is 12.5 Å². The molecule has 2 rings (SSSR count). The Kier molecular flexibility index (Phi) is 3.36. The maximum Gasteiger partial charge on any atom is 0.319 e. The number of carbonyl (C=O) groups excluding carboxylic acids is 1. The van der Waals surface area contributed by atoms with E-state index in [9.17, 15) is 9.18 Å². The average molecular weight is 223 g/mol. The first-order chi connectivity index (χ1) is 7.74. The number of hydrogen-bond acceptors (Lipinski definition) is 2. The maximum atomic E-state index is 12.8. The molecule has 0 unspecified atom stereocenters. The van der Waals surface area contributed by atoms with Crippen molar-refractivity contribution in [2.75, 3.05) is 18.4 Å². The largest absolute Gasteiger partial charge is 0.334 e. The Morgan fingerprint density at radius 1 is 1.50 bits per heavy atom. The monoisotopic (exact) mass is 223 g/mol. The molecule has 3 N–H and O–H groups in total. The maximum absolute atomic E-state index is 12.8. The SMILES string of the molecule is O=C(Nc1cccc(F)c1)N[C@H]1CCNC1. The number of halogens is 1. The summed E-state index contributed by atoms with van der Waals surface area (Å²) in [5, 5.41) is 8.55. The molecule has 4 nitrogen and oxygen atoms in total. The van der Waals surface area contributed by atoms with Crippen LogP contribution in [0.2, 0.25) is 0 Å². The van der Waals surface area contributed by atoms with Crippen molar-refractivity contribution < 1.29 is 9.18 Å². The van der Waals surface area contributed by atoms with Crippen LogP contribution in [0, 0.1) is 5.82 Å². The van der Waals surface area contributed by atoms with Crippen molar-refractivity contribution in [3.8, 4) is 0 Å². The summed E-state index contributed by atoms with van der Waals surface area (Å²) in [5.41, 5.74) is 0.462. The molecule has 0 saturated carbocycles. The molecule has 5 heteroatoms. The predicted octanol–water partition coefficient (Wildman–Crippen LogP) is 1.31. The molecule has 86 valence electrons. The van der Waals surface area contributed by atoms with Gasteiger partial charge in [0.25, 0.3) is 0 Å². The standard InChI is InChI=1S/C11H14FN3O/c12-8-2-1-3-9(6-8)14-11(16)15-10-4-5-13-7-10/h1-3,6,10,13H,4-5,7H2,(H2,14,15,16)/t10-/m0/s1. The first-order valence-corrected chi connectivity index (χ1v) is 5.28. The Balaban J connectivity index is 1.86. The van der Waals surface area contributed by atoms with Gasteiger partial charge in [0, 0.05) is 18.3 Å². The van der Waals surface area contributed by atoms with Gasteiger partial charge >= 0.3 is 6.03 Å². The third-order valence-electron chi connectivity index (χ3n) is 2.48. The van der Waals surface area contributed by atoms with E-state index in [0.29, 0.717) is 5.69 Å². The topological polar surface area (TPSA) is 53.2 Å². The van der Waals surface area contributed by atoms with E-state index in [-0.39, 0.29) is 17.9 Å². The first kappa shape index (κ1) is 10.9. The van der Waals surface area contributed by atoms with E-state index in [1.54, 1.807) is 12.1 Å². The lowest BCUT2D eigenvalue weighted by molar-refractivity contribution is 0.249. The molecule has 0 aliphatic carbocycles. The Morgan fingerprint density at radius 3 is 3.06 bits per heavy atom. The Labute approximate surface area is 93.2 Å². The second kappa shape index (κ2) is 4.94. The van der Waals surface area contributed by atoms with Gasteiger partial charge in [-0.1, -0.05) is 6.07 Å². The van der Waals surface area contributed by atoms with Crippen molar-refractivity contribution in [1.82, 2.24) is 10.6 Å². The minimum atomic E-state index is -0.361. The van der Waals surface area contributed by atoms with Crippen LogP contribution < -0.4 is 16.0 Å². The van der Waals surface area contributed by atoms with Crippen molar-refractivity contribution in [1.29, 1.82) is 0 Å². The quantitative estimate of drug-likeness (QED) is 0.708. The number of carbonyl (C=O) groups is 1. The molecule has 1 aliphatic rings. The second-order valence-corrected chi connectivity index (χ2v) is 3.80. The molecule has 0 spiro atoms. The molecule has 2 amide bonds. The van der Waals surface area contributed by atoms with E-state index in [4.69, 9.17) is 0 Å². The highest BCUT2D eigenvalue weighted by Crippen LogP contribution is 2.09. The lowest BCUT2D eigenvalue weighted by Gasteiger charge is -2.12. The van der Waals surface area contributed by atoms with Gasteiger partial charge in [-0.3, -0.25) is 0 Å². The molecule has 1 atom stereocenters. The fourth-order valence-electron chi connectivity index (χ4n) is 1.70. The molecule has 0 radical (unpaired) electrons. The highest BCUT2D eigenvalue weighted by molar-refractivity contribution is 5.89. The number of amides is 2. The number of urea groups is 1. The molecule has 1 fully saturated rings. The van der Waals surface area contributed by atoms with Crippen molar-refractivity contribution in [2.24, 2.45) is 0 Å². The van der Waals surface area contributed by atoms with Gasteiger partial charge in [-0.25, -0.2) is 9.18 Å². The van der Waals surface area contributed by atoms with E-state index in [1.807, 2.05) is 0 Å². The van der Waals surface area contributed by atoms with E-state index in [1.165, 1.54) is 12.1 Å². The van der Waals surface area contributed by atoms with Crippen LogP contribution in [0.5, 0.6) is 0 Å². The third-order valence-corrected chi connectivity index (χ3v) is 2.48. The van der Waals surface area contributed by atoms with Crippen molar-refractivity contribution in [3.05, 3.63) is 30.1 Å². The zero-order valence-corrected chi connectivity index (χ0v) is 8.79. The van der Waals surface area contributed by atoms with Crippen LogP contribution in [0.15, 0.2) is 24.3 Å². The van der Waals surface area contributed by atoms with Gasteiger partial charge in [-0.2, -0.15) is 0 Å². The molecule has 1 aliphatic heterocycles. The number of rotatable bonds is 2. The summed E-state index contributed by atoms with van der Waals surface area (Å²) in [5.74, 6) is -0.361. The molecule has 1 aromatic rings. The lowest BCUT2D eigenvalue weighted by Crippen LogP contribution is -2.39. The highest BCUT2D eigenvalue weighted by Gasteiger charge is 2.16. The minimum absolute atomic E-state index is 0.161. The summed E-state index contributed by atoms with van der Waals surface area (Å²) in [6.45, 7) is 1.71. The molecule has 0 bridgehead atoms. The van der Waals surface area contributed by atoms with E-state index in [0.717, 1.165) is 19.5 Å². The van der Waals surface area contributed by atoms with Crippen molar-refractivity contribution in [3.63, 3.8) is 0 Å². The number of anilines is 1. The van der Waals surface area contributed by atoms with Crippen molar-refractivity contribution >= 4 is 11.7 Å². The minimum Gasteiger partial charge on any atom is -0.334 e. The third kappa shape index (κ3) is 2.93. The molecule has 1 heterocycles. The van der Waals surface area contributed by atoms with Gasteiger partial charge in [-0.05, 0) is 31.2 Å². The Bertz CT molecular complexity index is 377. The molecular weight excluding hydrogens is 209 g/mol. The van der Waals surface area contributed by atoms with Gasteiger partial charge in [0.05, 0.1) is 0 Å². The van der Waals surface area contributed by atoms with E-state index in [2.05, 4.69) is 16.0 Å². The number of hydrogen-bond donors (Lipinski definition) is 3. The molecule has 1 saturated heterocycles. The van der Waals surface area contributed by atoms with Gasteiger partial charge < -0.3 is 16.0 Å². The number of nitrogens with one attached hydrogen (secondary N) is 3. The van der Waals surface area contributed by atoms with Crippen LogP contribution in [0.25, 0.3) is 0 Å². The van der Waals surface area contributed by atoms with Gasteiger partial charge in [-0.15, -0.1) is 0 Å². The zero-order chi connectivity index (χ0) is 11.4. The van der Waals surface area contributed by atoms with E-state index < -0.39 is 0 Å². The summed E-state index contributed by atoms with van der Waals surface area (Å²) in [6.07, 6.45) is 0.927. The van der Waals surface area contributed by atoms with Gasteiger partial charge in [0.1, 0.15) is 5.82 Å². The van der Waals surface area contributed by atoms with Crippen LogP contribution in [-0.2, 0) is 0 Å². The summed E-state index contributed by atoms with van der Waals surface area (Å²) < 4.78 is 12.8. The fraction of sp³-hybridized carbons (Fsp3) is 0.364.